The van der Waals surface area contributed by atoms with E-state index >= 15 is 0 Å². The molecular formula is C13H21N3O2. The summed E-state index contributed by atoms with van der Waals surface area (Å²) in [5.41, 5.74) is 0.854. The van der Waals surface area contributed by atoms with Crippen molar-refractivity contribution in [3.8, 4) is 5.88 Å². The second-order valence-electron chi connectivity index (χ2n) is 5.53. The SMILES string of the molecule is CCCCc1nonc1OC12CCCN(CC1)C2. The molecule has 3 rings (SSSR count). The number of unbranched alkanes of at least 4 members (excludes halogenated alkanes) is 1. The minimum absolute atomic E-state index is 0.0300. The third-order valence-corrected chi connectivity index (χ3v) is 4.10. The summed E-state index contributed by atoms with van der Waals surface area (Å²) in [5.74, 6) is 0.632. The molecule has 2 fully saturated rings. The number of aromatic nitrogens is 2. The maximum Gasteiger partial charge on any atom is 0.279 e. The van der Waals surface area contributed by atoms with E-state index in [0.29, 0.717) is 5.88 Å². The molecule has 2 aliphatic rings. The van der Waals surface area contributed by atoms with E-state index in [1.807, 2.05) is 0 Å². The topological polar surface area (TPSA) is 51.4 Å². The molecule has 2 saturated heterocycles. The highest BCUT2D eigenvalue weighted by Crippen LogP contribution is 2.36. The Hall–Kier alpha value is -1.10. The molecular weight excluding hydrogens is 230 g/mol. The van der Waals surface area contributed by atoms with Crippen LogP contribution in [-0.4, -0.2) is 40.4 Å². The third kappa shape index (κ3) is 2.23. The Morgan fingerprint density at radius 3 is 3.17 bits per heavy atom. The molecule has 1 aromatic heterocycles. The van der Waals surface area contributed by atoms with Gasteiger partial charge in [-0.25, -0.2) is 4.63 Å². The van der Waals surface area contributed by atoms with Crippen LogP contribution in [0.2, 0.25) is 0 Å². The molecule has 5 nitrogen and oxygen atoms in total. The smallest absolute Gasteiger partial charge is 0.279 e. The second-order valence-corrected chi connectivity index (χ2v) is 5.53. The first-order chi connectivity index (χ1) is 8.81. The number of fused-ring (bicyclic) bond motifs is 2. The average molecular weight is 251 g/mol. The molecule has 5 heteroatoms. The lowest BCUT2D eigenvalue weighted by Crippen LogP contribution is -2.43. The van der Waals surface area contributed by atoms with Crippen molar-refractivity contribution in [1.29, 1.82) is 0 Å². The number of hydrogen-bond donors (Lipinski definition) is 0. The van der Waals surface area contributed by atoms with Gasteiger partial charge in [-0.05, 0) is 37.4 Å². The van der Waals surface area contributed by atoms with Crippen LogP contribution in [0.3, 0.4) is 0 Å². The first kappa shape index (κ1) is 12.0. The number of rotatable bonds is 5. The summed E-state index contributed by atoms with van der Waals surface area (Å²) in [7, 11) is 0. The van der Waals surface area contributed by atoms with Crippen molar-refractivity contribution in [2.45, 2.75) is 51.0 Å². The minimum Gasteiger partial charge on any atom is -0.466 e. The van der Waals surface area contributed by atoms with Gasteiger partial charge in [-0.3, -0.25) is 4.90 Å². The van der Waals surface area contributed by atoms with Crippen LogP contribution in [0.4, 0.5) is 0 Å². The van der Waals surface area contributed by atoms with Gasteiger partial charge in [0, 0.05) is 19.5 Å². The summed E-state index contributed by atoms with van der Waals surface area (Å²) in [4.78, 5) is 2.47. The monoisotopic (exact) mass is 251 g/mol. The van der Waals surface area contributed by atoms with Crippen molar-refractivity contribution in [2.75, 3.05) is 19.6 Å². The summed E-state index contributed by atoms with van der Waals surface area (Å²) < 4.78 is 11.0. The Labute approximate surface area is 107 Å². The van der Waals surface area contributed by atoms with E-state index in [0.717, 1.165) is 50.9 Å². The van der Waals surface area contributed by atoms with Gasteiger partial charge in [-0.2, -0.15) is 0 Å². The molecule has 0 saturated carbocycles. The summed E-state index contributed by atoms with van der Waals surface area (Å²) >= 11 is 0. The number of aryl methyl sites for hydroxylation is 1. The molecule has 100 valence electrons. The molecule has 1 aromatic rings. The zero-order valence-electron chi connectivity index (χ0n) is 11.0. The fourth-order valence-electron chi connectivity index (χ4n) is 3.06. The Morgan fingerprint density at radius 2 is 2.28 bits per heavy atom. The van der Waals surface area contributed by atoms with Gasteiger partial charge in [0.05, 0.1) is 0 Å². The standard InChI is InChI=1S/C13H21N3O2/c1-2-3-5-11-12(15-18-14-11)17-13-6-4-8-16(10-13)9-7-13/h2-10H2,1H3. The maximum atomic E-state index is 6.19. The molecule has 2 atom stereocenters. The lowest BCUT2D eigenvalue weighted by molar-refractivity contribution is 0.0367. The predicted molar refractivity (Wildman–Crippen MR) is 66.6 cm³/mol. The van der Waals surface area contributed by atoms with Crippen LogP contribution in [0.25, 0.3) is 0 Å². The molecule has 3 heterocycles. The van der Waals surface area contributed by atoms with Crippen LogP contribution in [0.5, 0.6) is 5.88 Å². The molecule has 0 N–H and O–H groups in total. The van der Waals surface area contributed by atoms with E-state index in [4.69, 9.17) is 9.37 Å². The number of hydrogen-bond acceptors (Lipinski definition) is 5. The summed E-state index contributed by atoms with van der Waals surface area (Å²) in [5, 5.41) is 7.92. The van der Waals surface area contributed by atoms with Crippen LogP contribution in [0.1, 0.15) is 44.7 Å². The molecule has 18 heavy (non-hydrogen) atoms. The van der Waals surface area contributed by atoms with Crippen molar-refractivity contribution < 1.29 is 9.37 Å². The predicted octanol–water partition coefficient (Wildman–Crippen LogP) is 2.03. The van der Waals surface area contributed by atoms with E-state index in [9.17, 15) is 0 Å². The normalized spacial score (nSPS) is 30.6. The number of piperidine rings is 1. The second kappa shape index (κ2) is 4.88. The average Bonchev–Trinajstić information content (AvgIpc) is 2.92. The summed E-state index contributed by atoms with van der Waals surface area (Å²) in [6.07, 6.45) is 6.59. The van der Waals surface area contributed by atoms with Crippen LogP contribution in [-0.2, 0) is 6.42 Å². The first-order valence-electron chi connectivity index (χ1n) is 7.04. The largest absolute Gasteiger partial charge is 0.466 e. The fraction of sp³-hybridized carbons (Fsp3) is 0.846. The molecule has 0 spiro atoms. The lowest BCUT2D eigenvalue weighted by atomic mass is 9.94. The van der Waals surface area contributed by atoms with E-state index in [-0.39, 0.29) is 5.60 Å². The van der Waals surface area contributed by atoms with Crippen molar-refractivity contribution in [3.05, 3.63) is 5.69 Å². The molecule has 2 aliphatic heterocycles. The molecule has 0 aliphatic carbocycles. The van der Waals surface area contributed by atoms with Gasteiger partial charge in [-0.15, -0.1) is 0 Å². The molecule has 0 aromatic carbocycles. The van der Waals surface area contributed by atoms with Crippen LogP contribution in [0, 0.1) is 0 Å². The Morgan fingerprint density at radius 1 is 1.33 bits per heavy atom. The minimum atomic E-state index is -0.0300. The van der Waals surface area contributed by atoms with Gasteiger partial charge < -0.3 is 4.74 Å². The van der Waals surface area contributed by atoms with Gasteiger partial charge in [0.2, 0.25) is 0 Å². The Balaban J connectivity index is 1.70. The van der Waals surface area contributed by atoms with Crippen molar-refractivity contribution in [2.24, 2.45) is 0 Å². The quantitative estimate of drug-likeness (QED) is 0.801. The molecule has 2 unspecified atom stereocenters. The van der Waals surface area contributed by atoms with E-state index < -0.39 is 0 Å². The highest BCUT2D eigenvalue weighted by atomic mass is 16.6. The zero-order valence-corrected chi connectivity index (χ0v) is 11.0. The summed E-state index contributed by atoms with van der Waals surface area (Å²) in [6.45, 7) is 5.57. The van der Waals surface area contributed by atoms with Crippen molar-refractivity contribution in [1.82, 2.24) is 15.2 Å². The third-order valence-electron chi connectivity index (χ3n) is 4.10. The van der Waals surface area contributed by atoms with Crippen LogP contribution >= 0.6 is 0 Å². The highest BCUT2D eigenvalue weighted by molar-refractivity contribution is 5.17. The number of nitrogens with zero attached hydrogens (tertiary/aromatic N) is 3. The first-order valence-corrected chi connectivity index (χ1v) is 7.04. The van der Waals surface area contributed by atoms with Crippen LogP contribution < -0.4 is 4.74 Å². The van der Waals surface area contributed by atoms with E-state index in [1.54, 1.807) is 0 Å². The van der Waals surface area contributed by atoms with Gasteiger partial charge in [0.25, 0.3) is 5.88 Å². The Kier molecular flexibility index (Phi) is 3.24. The lowest BCUT2D eigenvalue weighted by Gasteiger charge is -2.33. The summed E-state index contributed by atoms with van der Waals surface area (Å²) in [6, 6.07) is 0. The highest BCUT2D eigenvalue weighted by Gasteiger charge is 2.43. The molecule has 0 radical (unpaired) electrons. The number of ether oxygens (including phenoxy) is 1. The maximum absolute atomic E-state index is 6.19. The van der Waals surface area contributed by atoms with Gasteiger partial charge in [0.15, 0.2) is 0 Å². The van der Waals surface area contributed by atoms with Crippen molar-refractivity contribution >= 4 is 0 Å². The van der Waals surface area contributed by atoms with Crippen molar-refractivity contribution in [3.63, 3.8) is 0 Å². The van der Waals surface area contributed by atoms with Crippen LogP contribution in [0.15, 0.2) is 4.63 Å². The zero-order chi connectivity index (χ0) is 12.4. The van der Waals surface area contributed by atoms with E-state index in [1.165, 1.54) is 13.0 Å². The Bertz CT molecular complexity index is 403. The fourth-order valence-corrected chi connectivity index (χ4v) is 3.06. The van der Waals surface area contributed by atoms with Gasteiger partial charge in [-0.1, -0.05) is 18.5 Å². The van der Waals surface area contributed by atoms with Gasteiger partial charge in [0.1, 0.15) is 11.3 Å². The molecule has 0 amide bonds. The van der Waals surface area contributed by atoms with E-state index in [2.05, 4.69) is 22.1 Å². The molecule has 2 bridgehead atoms. The van der Waals surface area contributed by atoms with Gasteiger partial charge >= 0.3 is 0 Å².